The van der Waals surface area contributed by atoms with Gasteiger partial charge in [-0.05, 0) is 35.7 Å². The van der Waals surface area contributed by atoms with E-state index in [1.165, 1.54) is 0 Å². The van der Waals surface area contributed by atoms with E-state index in [4.69, 9.17) is 16.3 Å². The highest BCUT2D eigenvalue weighted by Gasteiger charge is 2.27. The molecule has 0 spiro atoms. The third kappa shape index (κ3) is 3.15. The van der Waals surface area contributed by atoms with Gasteiger partial charge in [-0.2, -0.15) is 0 Å². The molecule has 0 bridgehead atoms. The number of hydrogen-bond acceptors (Lipinski definition) is 2. The SMILES string of the molecule is CCC/C=C(/Cl)c1cc(OC)ccc1-c1c(-c2ccccc2)c1=O. The van der Waals surface area contributed by atoms with Crippen LogP contribution in [-0.2, 0) is 0 Å². The van der Waals surface area contributed by atoms with Gasteiger partial charge in [0.25, 0.3) is 0 Å². The maximum atomic E-state index is 12.4. The number of unbranched alkanes of at least 4 members (excludes halogenated alkanes) is 1. The van der Waals surface area contributed by atoms with Crippen LogP contribution >= 0.6 is 11.6 Å². The number of allylic oxidation sites excluding steroid dienone is 1. The zero-order valence-electron chi connectivity index (χ0n) is 13.8. The average Bonchev–Trinajstić information content (AvgIpc) is 3.30. The molecule has 0 radical (unpaired) electrons. The molecule has 122 valence electrons. The smallest absolute Gasteiger partial charge is 0.195 e. The van der Waals surface area contributed by atoms with Gasteiger partial charge >= 0.3 is 0 Å². The number of benzene rings is 2. The van der Waals surface area contributed by atoms with Crippen LogP contribution in [0.1, 0.15) is 25.3 Å². The van der Waals surface area contributed by atoms with Crippen molar-refractivity contribution in [2.45, 2.75) is 19.8 Å². The van der Waals surface area contributed by atoms with Crippen LogP contribution in [0.4, 0.5) is 0 Å². The molecule has 3 rings (SSSR count). The van der Waals surface area contributed by atoms with E-state index in [1.807, 2.05) is 54.6 Å². The molecule has 2 nitrogen and oxygen atoms in total. The predicted octanol–water partition coefficient (Wildman–Crippen LogP) is 5.64. The summed E-state index contributed by atoms with van der Waals surface area (Å²) >= 11 is 6.50. The molecule has 0 unspecified atom stereocenters. The van der Waals surface area contributed by atoms with Crippen molar-refractivity contribution in [2.75, 3.05) is 7.11 Å². The summed E-state index contributed by atoms with van der Waals surface area (Å²) in [6, 6.07) is 15.4. The second-order valence-corrected chi connectivity index (χ2v) is 6.10. The summed E-state index contributed by atoms with van der Waals surface area (Å²) in [5, 5.41) is 0.658. The van der Waals surface area contributed by atoms with E-state index in [-0.39, 0.29) is 5.43 Å². The topological polar surface area (TPSA) is 26.3 Å². The summed E-state index contributed by atoms with van der Waals surface area (Å²) in [5.74, 6) is 0.728. The van der Waals surface area contributed by atoms with Gasteiger partial charge in [-0.25, -0.2) is 0 Å². The zero-order chi connectivity index (χ0) is 17.1. The zero-order valence-corrected chi connectivity index (χ0v) is 14.6. The number of hydrogen-bond donors (Lipinski definition) is 0. The van der Waals surface area contributed by atoms with Crippen molar-refractivity contribution in [3.63, 3.8) is 0 Å². The molecule has 0 amide bonds. The maximum Gasteiger partial charge on any atom is 0.195 e. The molecule has 0 aliphatic carbocycles. The van der Waals surface area contributed by atoms with Gasteiger partial charge in [0.05, 0.1) is 7.11 Å². The summed E-state index contributed by atoms with van der Waals surface area (Å²) in [6.07, 6.45) is 3.91. The van der Waals surface area contributed by atoms with E-state index in [1.54, 1.807) is 7.11 Å². The first-order valence-corrected chi connectivity index (χ1v) is 8.44. The lowest BCUT2D eigenvalue weighted by Crippen LogP contribution is -1.89. The minimum absolute atomic E-state index is 0.0903. The number of halogens is 1. The Morgan fingerprint density at radius 1 is 1.12 bits per heavy atom. The average molecular weight is 339 g/mol. The predicted molar refractivity (Wildman–Crippen MR) is 101 cm³/mol. The van der Waals surface area contributed by atoms with Crippen LogP contribution in [0.2, 0.25) is 0 Å². The minimum atomic E-state index is 0.0903. The molecular formula is C21H19ClO2. The van der Waals surface area contributed by atoms with Gasteiger partial charge in [0.2, 0.25) is 0 Å². The molecule has 0 atom stereocenters. The standard InChI is InChI=1S/C21H19ClO2/c1-3-4-10-18(22)17-13-15(24-2)11-12-16(17)20-19(21(20)23)14-8-6-5-7-9-14/h5-13H,3-4H2,1-2H3/b18-10+. The third-order valence-corrected chi connectivity index (χ3v) is 4.43. The van der Waals surface area contributed by atoms with Gasteiger partial charge < -0.3 is 4.74 Å². The Kier molecular flexibility index (Phi) is 4.86. The molecule has 0 aromatic heterocycles. The highest BCUT2D eigenvalue weighted by molar-refractivity contribution is 6.49. The van der Waals surface area contributed by atoms with Gasteiger partial charge in [0, 0.05) is 21.7 Å². The highest BCUT2D eigenvalue weighted by Crippen LogP contribution is 2.40. The summed E-state index contributed by atoms with van der Waals surface area (Å²) in [7, 11) is 1.62. The fourth-order valence-electron chi connectivity index (χ4n) is 2.75. The Balaban J connectivity index is 2.08. The number of rotatable bonds is 6. The molecule has 0 fully saturated rings. The molecule has 0 heterocycles. The van der Waals surface area contributed by atoms with Gasteiger partial charge in [-0.15, -0.1) is 0 Å². The second kappa shape index (κ2) is 7.06. The van der Waals surface area contributed by atoms with Crippen molar-refractivity contribution in [1.29, 1.82) is 0 Å². The molecule has 0 saturated carbocycles. The van der Waals surface area contributed by atoms with E-state index >= 15 is 0 Å². The monoisotopic (exact) mass is 338 g/mol. The fraction of sp³-hybridized carbons (Fsp3) is 0.190. The van der Waals surface area contributed by atoms with Crippen molar-refractivity contribution in [3.8, 4) is 28.0 Å². The Bertz CT molecular complexity index is 884. The van der Waals surface area contributed by atoms with Gasteiger partial charge in [0.15, 0.2) is 5.43 Å². The van der Waals surface area contributed by atoms with Crippen LogP contribution in [0.3, 0.4) is 0 Å². The fourth-order valence-corrected chi connectivity index (χ4v) is 3.02. The van der Waals surface area contributed by atoms with Crippen LogP contribution in [0.25, 0.3) is 27.3 Å². The van der Waals surface area contributed by atoms with Crippen LogP contribution in [0, 0.1) is 0 Å². The van der Waals surface area contributed by atoms with Crippen molar-refractivity contribution in [2.24, 2.45) is 0 Å². The molecule has 3 aromatic carbocycles. The molecule has 3 aromatic rings. The van der Waals surface area contributed by atoms with E-state index in [0.717, 1.165) is 46.4 Å². The maximum absolute atomic E-state index is 12.4. The first-order valence-electron chi connectivity index (χ1n) is 8.06. The van der Waals surface area contributed by atoms with Crippen molar-refractivity contribution in [3.05, 3.63) is 70.4 Å². The first kappa shape index (κ1) is 16.5. The second-order valence-electron chi connectivity index (χ2n) is 5.70. The molecule has 24 heavy (non-hydrogen) atoms. The van der Waals surface area contributed by atoms with Crippen LogP contribution in [0.15, 0.2) is 59.4 Å². The lowest BCUT2D eigenvalue weighted by Gasteiger charge is -2.08. The summed E-state index contributed by atoms with van der Waals surface area (Å²) in [6.45, 7) is 2.10. The summed E-state index contributed by atoms with van der Waals surface area (Å²) in [5.41, 5.74) is 4.29. The summed E-state index contributed by atoms with van der Waals surface area (Å²) < 4.78 is 5.32. The Labute approximate surface area is 147 Å². The quantitative estimate of drug-likeness (QED) is 0.581. The van der Waals surface area contributed by atoms with Crippen LogP contribution < -0.4 is 10.2 Å². The minimum Gasteiger partial charge on any atom is -0.497 e. The molecule has 0 aliphatic heterocycles. The molecule has 0 N–H and O–H groups in total. The largest absolute Gasteiger partial charge is 0.497 e. The number of ether oxygens (including phenoxy) is 1. The van der Waals surface area contributed by atoms with Gasteiger partial charge in [0.1, 0.15) is 5.75 Å². The number of methoxy groups -OCH3 is 1. The van der Waals surface area contributed by atoms with Crippen molar-refractivity contribution >= 4 is 16.6 Å². The van der Waals surface area contributed by atoms with Crippen molar-refractivity contribution < 1.29 is 4.74 Å². The normalized spacial score (nSPS) is 11.9. The first-order chi connectivity index (χ1) is 11.7. The van der Waals surface area contributed by atoms with Crippen LogP contribution in [0.5, 0.6) is 5.75 Å². The molecular weight excluding hydrogens is 320 g/mol. The van der Waals surface area contributed by atoms with Crippen molar-refractivity contribution in [1.82, 2.24) is 0 Å². The van der Waals surface area contributed by atoms with E-state index < -0.39 is 0 Å². The van der Waals surface area contributed by atoms with E-state index in [0.29, 0.717) is 5.03 Å². The Morgan fingerprint density at radius 3 is 2.54 bits per heavy atom. The summed E-state index contributed by atoms with van der Waals surface area (Å²) in [4.78, 5) is 12.4. The Morgan fingerprint density at radius 2 is 1.88 bits per heavy atom. The Hall–Kier alpha value is -2.32. The molecule has 3 heteroatoms. The van der Waals surface area contributed by atoms with Gasteiger partial charge in [-0.1, -0.05) is 61.4 Å². The highest BCUT2D eigenvalue weighted by atomic mass is 35.5. The van der Waals surface area contributed by atoms with Crippen LogP contribution in [-0.4, -0.2) is 7.11 Å². The molecule has 0 saturated heterocycles. The van der Waals surface area contributed by atoms with Gasteiger partial charge in [-0.3, -0.25) is 4.79 Å². The lowest BCUT2D eigenvalue weighted by molar-refractivity contribution is 0.415. The van der Waals surface area contributed by atoms with E-state index in [9.17, 15) is 4.79 Å². The third-order valence-electron chi connectivity index (χ3n) is 4.07. The lowest BCUT2D eigenvalue weighted by atomic mass is 10.0. The molecule has 0 aliphatic rings. The van der Waals surface area contributed by atoms with E-state index in [2.05, 4.69) is 6.92 Å².